The summed E-state index contributed by atoms with van der Waals surface area (Å²) in [7, 11) is -1.21. The minimum Gasteiger partial charge on any atom is -0.253 e. The molecule has 74 valence electrons. The third-order valence-corrected chi connectivity index (χ3v) is 3.68. The van der Waals surface area contributed by atoms with Crippen molar-refractivity contribution in [2.75, 3.05) is 0 Å². The zero-order chi connectivity index (χ0) is 10.7. The second-order valence-electron chi connectivity index (χ2n) is 3.34. The number of benzene rings is 1. The number of hydrogen-bond acceptors (Lipinski definition) is 2. The van der Waals surface area contributed by atoms with Crippen molar-refractivity contribution >= 4 is 10.8 Å². The summed E-state index contributed by atoms with van der Waals surface area (Å²) in [6.07, 6.45) is 0. The van der Waals surface area contributed by atoms with Gasteiger partial charge in [0.25, 0.3) is 0 Å². The molecule has 1 rings (SSSR count). The summed E-state index contributed by atoms with van der Waals surface area (Å²) >= 11 is 0. The molecule has 14 heavy (non-hydrogen) atoms. The Kier molecular flexibility index (Phi) is 3.43. The average molecular weight is 207 g/mol. The summed E-state index contributed by atoms with van der Waals surface area (Å²) in [6.45, 7) is 5.55. The van der Waals surface area contributed by atoms with Crippen molar-refractivity contribution in [2.24, 2.45) is 0 Å². The van der Waals surface area contributed by atoms with Crippen molar-refractivity contribution in [3.8, 4) is 6.07 Å². The van der Waals surface area contributed by atoms with Crippen molar-refractivity contribution in [3.05, 3.63) is 29.3 Å². The molecule has 2 unspecified atom stereocenters. The van der Waals surface area contributed by atoms with Crippen LogP contribution in [0, 0.1) is 25.2 Å². The molecule has 0 aromatic heterocycles. The van der Waals surface area contributed by atoms with Gasteiger partial charge in [-0.15, -0.1) is 0 Å². The highest BCUT2D eigenvalue weighted by molar-refractivity contribution is 7.86. The summed E-state index contributed by atoms with van der Waals surface area (Å²) in [5, 5.41) is 8.24. The van der Waals surface area contributed by atoms with Gasteiger partial charge in [0.1, 0.15) is 5.25 Å². The summed E-state index contributed by atoms with van der Waals surface area (Å²) < 4.78 is 11.8. The molecule has 0 aliphatic carbocycles. The molecule has 0 radical (unpaired) electrons. The topological polar surface area (TPSA) is 40.9 Å². The van der Waals surface area contributed by atoms with Gasteiger partial charge in [0.2, 0.25) is 0 Å². The molecule has 2 atom stereocenters. The van der Waals surface area contributed by atoms with Crippen LogP contribution in [0.15, 0.2) is 23.1 Å². The molecule has 0 aliphatic heterocycles. The smallest absolute Gasteiger partial charge is 0.123 e. The van der Waals surface area contributed by atoms with E-state index in [1.807, 2.05) is 38.1 Å². The molecule has 1 aromatic carbocycles. The lowest BCUT2D eigenvalue weighted by Crippen LogP contribution is -2.09. The Morgan fingerprint density at radius 2 is 2.07 bits per heavy atom. The standard InChI is InChI=1S/C11H13NOS/c1-8-4-5-9(2)11(6-8)14(13)10(3)7-12/h4-6,10H,1-3H3. The molecule has 0 spiro atoms. The lowest BCUT2D eigenvalue weighted by molar-refractivity contribution is 0.679. The SMILES string of the molecule is Cc1ccc(C)c(S(=O)C(C)C#N)c1. The van der Waals surface area contributed by atoms with Gasteiger partial charge in [0.05, 0.1) is 16.9 Å². The van der Waals surface area contributed by atoms with E-state index in [2.05, 4.69) is 0 Å². The Labute approximate surface area is 87.0 Å². The van der Waals surface area contributed by atoms with Crippen LogP contribution < -0.4 is 0 Å². The monoisotopic (exact) mass is 207 g/mol. The van der Waals surface area contributed by atoms with E-state index >= 15 is 0 Å². The van der Waals surface area contributed by atoms with E-state index in [4.69, 9.17) is 5.26 Å². The maximum atomic E-state index is 11.8. The first-order valence-electron chi connectivity index (χ1n) is 4.43. The summed E-state index contributed by atoms with van der Waals surface area (Å²) in [5.41, 5.74) is 2.06. The predicted molar refractivity (Wildman–Crippen MR) is 57.4 cm³/mol. The largest absolute Gasteiger partial charge is 0.253 e. The van der Waals surface area contributed by atoms with Crippen LogP contribution in [0.1, 0.15) is 18.1 Å². The Morgan fingerprint density at radius 1 is 1.43 bits per heavy atom. The van der Waals surface area contributed by atoms with Crippen LogP contribution in [0.4, 0.5) is 0 Å². The van der Waals surface area contributed by atoms with Gasteiger partial charge in [-0.05, 0) is 38.0 Å². The molecular formula is C11H13NOS. The van der Waals surface area contributed by atoms with Gasteiger partial charge in [-0.1, -0.05) is 12.1 Å². The molecule has 0 N–H and O–H groups in total. The average Bonchev–Trinajstić information content (AvgIpc) is 2.19. The van der Waals surface area contributed by atoms with Crippen LogP contribution in [0.2, 0.25) is 0 Å². The second kappa shape index (κ2) is 4.39. The van der Waals surface area contributed by atoms with Crippen molar-refractivity contribution < 1.29 is 4.21 Å². The van der Waals surface area contributed by atoms with Crippen molar-refractivity contribution in [1.82, 2.24) is 0 Å². The molecule has 0 aliphatic rings. The van der Waals surface area contributed by atoms with Crippen LogP contribution in [-0.4, -0.2) is 9.46 Å². The highest BCUT2D eigenvalue weighted by Gasteiger charge is 2.14. The van der Waals surface area contributed by atoms with E-state index in [0.29, 0.717) is 0 Å². The minimum absolute atomic E-state index is 0.449. The van der Waals surface area contributed by atoms with Gasteiger partial charge < -0.3 is 0 Å². The van der Waals surface area contributed by atoms with Gasteiger partial charge in [-0.25, -0.2) is 0 Å². The summed E-state index contributed by atoms with van der Waals surface area (Å²) in [4.78, 5) is 0.777. The van der Waals surface area contributed by atoms with Gasteiger partial charge in [0, 0.05) is 4.90 Å². The predicted octanol–water partition coefficient (Wildman–Crippen LogP) is 2.32. The number of nitriles is 1. The summed E-state index contributed by atoms with van der Waals surface area (Å²) in [6, 6.07) is 7.81. The van der Waals surface area contributed by atoms with Gasteiger partial charge in [-0.2, -0.15) is 5.26 Å². The molecule has 0 fully saturated rings. The highest BCUT2D eigenvalue weighted by atomic mass is 32.2. The van der Waals surface area contributed by atoms with Gasteiger partial charge >= 0.3 is 0 Å². The zero-order valence-electron chi connectivity index (χ0n) is 8.57. The first-order valence-corrected chi connectivity index (χ1v) is 5.65. The molecule has 3 heteroatoms. The Hall–Kier alpha value is -1.14. The quantitative estimate of drug-likeness (QED) is 0.746. The third-order valence-electron chi connectivity index (χ3n) is 2.06. The fourth-order valence-corrected chi connectivity index (χ4v) is 2.33. The molecule has 0 saturated carbocycles. The van der Waals surface area contributed by atoms with Crippen LogP contribution in [-0.2, 0) is 10.8 Å². The Balaban J connectivity index is 3.14. The van der Waals surface area contributed by atoms with Crippen LogP contribution >= 0.6 is 0 Å². The van der Waals surface area contributed by atoms with E-state index in [1.165, 1.54) is 0 Å². The Bertz CT molecular complexity index is 406. The molecule has 0 bridgehead atoms. The molecule has 0 heterocycles. The maximum Gasteiger partial charge on any atom is 0.123 e. The molecule has 1 aromatic rings. The van der Waals surface area contributed by atoms with Gasteiger partial charge in [-0.3, -0.25) is 4.21 Å². The molecular weight excluding hydrogens is 194 g/mol. The summed E-state index contributed by atoms with van der Waals surface area (Å²) in [5.74, 6) is 0. The Morgan fingerprint density at radius 3 is 2.64 bits per heavy atom. The molecule has 0 saturated heterocycles. The van der Waals surface area contributed by atoms with Gasteiger partial charge in [0.15, 0.2) is 0 Å². The normalized spacial score (nSPS) is 14.4. The van der Waals surface area contributed by atoms with Crippen molar-refractivity contribution in [2.45, 2.75) is 30.9 Å². The number of rotatable bonds is 2. The molecule has 0 amide bonds. The first kappa shape index (κ1) is 10.9. The minimum atomic E-state index is -1.21. The van der Waals surface area contributed by atoms with E-state index in [9.17, 15) is 4.21 Å². The fourth-order valence-electron chi connectivity index (χ4n) is 1.16. The van der Waals surface area contributed by atoms with E-state index in [-0.39, 0.29) is 0 Å². The number of nitrogens with zero attached hydrogens (tertiary/aromatic N) is 1. The zero-order valence-corrected chi connectivity index (χ0v) is 9.39. The maximum absolute atomic E-state index is 11.8. The lowest BCUT2D eigenvalue weighted by Gasteiger charge is -2.07. The van der Waals surface area contributed by atoms with E-state index in [0.717, 1.165) is 16.0 Å². The van der Waals surface area contributed by atoms with Crippen LogP contribution in [0.25, 0.3) is 0 Å². The first-order chi connectivity index (χ1) is 6.56. The number of hydrogen-bond donors (Lipinski definition) is 0. The van der Waals surface area contributed by atoms with Crippen LogP contribution in [0.5, 0.6) is 0 Å². The van der Waals surface area contributed by atoms with Crippen LogP contribution in [0.3, 0.4) is 0 Å². The molecule has 2 nitrogen and oxygen atoms in total. The lowest BCUT2D eigenvalue weighted by atomic mass is 10.2. The third kappa shape index (κ3) is 2.21. The fraction of sp³-hybridized carbons (Fsp3) is 0.364. The van der Waals surface area contributed by atoms with Crippen molar-refractivity contribution in [1.29, 1.82) is 5.26 Å². The highest BCUT2D eigenvalue weighted by Crippen LogP contribution is 2.17. The van der Waals surface area contributed by atoms with Crippen molar-refractivity contribution in [3.63, 3.8) is 0 Å². The van der Waals surface area contributed by atoms with E-state index in [1.54, 1.807) is 6.92 Å². The number of aryl methyl sites for hydroxylation is 2. The van der Waals surface area contributed by atoms with E-state index < -0.39 is 16.0 Å². The second-order valence-corrected chi connectivity index (χ2v) is 5.08.